The van der Waals surface area contributed by atoms with E-state index >= 15 is 0 Å². The summed E-state index contributed by atoms with van der Waals surface area (Å²) < 4.78 is 5.35. The van der Waals surface area contributed by atoms with Gasteiger partial charge in [-0.05, 0) is 42.6 Å². The van der Waals surface area contributed by atoms with E-state index in [2.05, 4.69) is 53.8 Å². The molecule has 20 heavy (non-hydrogen) atoms. The van der Waals surface area contributed by atoms with Crippen LogP contribution in [0.15, 0.2) is 54.6 Å². The zero-order valence-corrected chi connectivity index (χ0v) is 11.9. The van der Waals surface area contributed by atoms with E-state index in [9.17, 15) is 0 Å². The Morgan fingerprint density at radius 3 is 2.75 bits per heavy atom. The van der Waals surface area contributed by atoms with E-state index < -0.39 is 0 Å². The molecule has 0 spiro atoms. The molecule has 0 bridgehead atoms. The molecule has 1 fully saturated rings. The zero-order valence-electron chi connectivity index (χ0n) is 11.9. The minimum atomic E-state index is 0.518. The second-order valence-electron chi connectivity index (χ2n) is 5.42. The van der Waals surface area contributed by atoms with Gasteiger partial charge in [-0.15, -0.1) is 0 Å². The summed E-state index contributed by atoms with van der Waals surface area (Å²) in [6.45, 7) is 1.10. The van der Waals surface area contributed by atoms with Crippen molar-refractivity contribution in [3.8, 4) is 5.75 Å². The van der Waals surface area contributed by atoms with Gasteiger partial charge < -0.3 is 10.1 Å². The SMILES string of the molecule is COc1cccc(C2CCNC2Cc2ccccc2)c1. The summed E-state index contributed by atoms with van der Waals surface area (Å²) in [6, 6.07) is 19.7. The van der Waals surface area contributed by atoms with Gasteiger partial charge in [-0.3, -0.25) is 0 Å². The lowest BCUT2D eigenvalue weighted by atomic mass is 9.88. The minimum absolute atomic E-state index is 0.518. The van der Waals surface area contributed by atoms with Gasteiger partial charge in [-0.25, -0.2) is 0 Å². The largest absolute Gasteiger partial charge is 0.497 e. The molecule has 0 radical (unpaired) electrons. The van der Waals surface area contributed by atoms with Crippen LogP contribution in [0.3, 0.4) is 0 Å². The van der Waals surface area contributed by atoms with Gasteiger partial charge in [0.25, 0.3) is 0 Å². The number of rotatable bonds is 4. The molecule has 0 saturated carbocycles. The summed E-state index contributed by atoms with van der Waals surface area (Å²) in [5.41, 5.74) is 2.79. The number of hydrogen-bond acceptors (Lipinski definition) is 2. The normalized spacial score (nSPS) is 21.9. The molecule has 2 nitrogen and oxygen atoms in total. The van der Waals surface area contributed by atoms with Gasteiger partial charge in [0.05, 0.1) is 7.11 Å². The topological polar surface area (TPSA) is 21.3 Å². The van der Waals surface area contributed by atoms with Gasteiger partial charge in [0.15, 0.2) is 0 Å². The first-order chi connectivity index (χ1) is 9.86. The average molecular weight is 267 g/mol. The Bertz CT molecular complexity index is 552. The Labute approximate surface area is 120 Å². The molecule has 1 aliphatic heterocycles. The number of hydrogen-bond donors (Lipinski definition) is 1. The minimum Gasteiger partial charge on any atom is -0.497 e. The van der Waals surface area contributed by atoms with Crippen LogP contribution in [0.2, 0.25) is 0 Å². The molecule has 2 unspecified atom stereocenters. The van der Waals surface area contributed by atoms with E-state index in [1.165, 1.54) is 17.5 Å². The Hall–Kier alpha value is -1.80. The van der Waals surface area contributed by atoms with Crippen molar-refractivity contribution in [3.05, 3.63) is 65.7 Å². The van der Waals surface area contributed by atoms with Crippen molar-refractivity contribution >= 4 is 0 Å². The summed E-state index contributed by atoms with van der Waals surface area (Å²) in [5.74, 6) is 1.53. The molecular weight excluding hydrogens is 246 g/mol. The first-order valence-corrected chi connectivity index (χ1v) is 7.28. The summed E-state index contributed by atoms with van der Waals surface area (Å²) in [4.78, 5) is 0. The molecule has 2 heteroatoms. The van der Waals surface area contributed by atoms with Crippen LogP contribution in [0.1, 0.15) is 23.5 Å². The van der Waals surface area contributed by atoms with Crippen LogP contribution < -0.4 is 10.1 Å². The summed E-state index contributed by atoms with van der Waals surface area (Å²) in [6.07, 6.45) is 2.29. The van der Waals surface area contributed by atoms with Crippen LogP contribution >= 0.6 is 0 Å². The van der Waals surface area contributed by atoms with Crippen molar-refractivity contribution in [1.82, 2.24) is 5.32 Å². The monoisotopic (exact) mass is 267 g/mol. The highest BCUT2D eigenvalue weighted by Crippen LogP contribution is 2.31. The Morgan fingerprint density at radius 1 is 1.10 bits per heavy atom. The number of methoxy groups -OCH3 is 1. The van der Waals surface area contributed by atoms with Gasteiger partial charge in [-0.2, -0.15) is 0 Å². The maximum atomic E-state index is 5.35. The molecule has 0 aromatic heterocycles. The van der Waals surface area contributed by atoms with Gasteiger partial charge >= 0.3 is 0 Å². The van der Waals surface area contributed by atoms with E-state index in [-0.39, 0.29) is 0 Å². The summed E-state index contributed by atoms with van der Waals surface area (Å²) >= 11 is 0. The Kier molecular flexibility index (Phi) is 4.03. The van der Waals surface area contributed by atoms with Crippen molar-refractivity contribution in [2.45, 2.75) is 24.8 Å². The molecule has 1 heterocycles. The molecular formula is C18H21NO. The van der Waals surface area contributed by atoms with Crippen molar-refractivity contribution < 1.29 is 4.74 Å². The number of benzene rings is 2. The van der Waals surface area contributed by atoms with Crippen LogP contribution in [-0.4, -0.2) is 19.7 Å². The molecule has 0 amide bonds. The molecule has 2 atom stereocenters. The van der Waals surface area contributed by atoms with E-state index in [0.29, 0.717) is 12.0 Å². The predicted molar refractivity (Wildman–Crippen MR) is 82.3 cm³/mol. The van der Waals surface area contributed by atoms with E-state index in [0.717, 1.165) is 18.7 Å². The highest BCUT2D eigenvalue weighted by molar-refractivity contribution is 5.33. The molecule has 3 rings (SSSR count). The van der Waals surface area contributed by atoms with Crippen LogP contribution in [0.5, 0.6) is 5.75 Å². The average Bonchev–Trinajstić information content (AvgIpc) is 2.96. The van der Waals surface area contributed by atoms with E-state index in [4.69, 9.17) is 4.74 Å². The lowest BCUT2D eigenvalue weighted by Gasteiger charge is -2.20. The fourth-order valence-electron chi connectivity index (χ4n) is 3.12. The van der Waals surface area contributed by atoms with Gasteiger partial charge in [0.1, 0.15) is 5.75 Å². The summed E-state index contributed by atoms with van der Waals surface area (Å²) in [5, 5.41) is 3.65. The quantitative estimate of drug-likeness (QED) is 0.917. The first kappa shape index (κ1) is 13.2. The van der Waals surface area contributed by atoms with Crippen LogP contribution in [0.25, 0.3) is 0 Å². The fourth-order valence-corrected chi connectivity index (χ4v) is 3.12. The predicted octanol–water partition coefficient (Wildman–Crippen LogP) is 3.38. The Morgan fingerprint density at radius 2 is 1.95 bits per heavy atom. The van der Waals surface area contributed by atoms with E-state index in [1.807, 2.05) is 6.07 Å². The van der Waals surface area contributed by atoms with Crippen LogP contribution in [0, 0.1) is 0 Å². The van der Waals surface area contributed by atoms with Crippen molar-refractivity contribution in [2.75, 3.05) is 13.7 Å². The maximum absolute atomic E-state index is 5.35. The molecule has 1 N–H and O–H groups in total. The lowest BCUT2D eigenvalue weighted by molar-refractivity contribution is 0.413. The first-order valence-electron chi connectivity index (χ1n) is 7.28. The highest BCUT2D eigenvalue weighted by Gasteiger charge is 2.28. The number of nitrogens with one attached hydrogen (secondary N) is 1. The third-order valence-electron chi connectivity index (χ3n) is 4.17. The smallest absolute Gasteiger partial charge is 0.119 e. The van der Waals surface area contributed by atoms with Gasteiger partial charge in [-0.1, -0.05) is 42.5 Å². The number of ether oxygens (including phenoxy) is 1. The zero-order chi connectivity index (χ0) is 13.8. The van der Waals surface area contributed by atoms with Crippen LogP contribution in [0.4, 0.5) is 0 Å². The third kappa shape index (κ3) is 2.86. The van der Waals surface area contributed by atoms with Gasteiger partial charge in [0, 0.05) is 12.0 Å². The molecule has 0 aliphatic carbocycles. The van der Waals surface area contributed by atoms with Crippen molar-refractivity contribution in [2.24, 2.45) is 0 Å². The highest BCUT2D eigenvalue weighted by atomic mass is 16.5. The third-order valence-corrected chi connectivity index (χ3v) is 4.17. The standard InChI is InChI=1S/C18H21NO/c1-20-16-9-5-8-15(13-16)17-10-11-19-18(17)12-14-6-3-2-4-7-14/h2-9,13,17-19H,10-12H2,1H3. The van der Waals surface area contributed by atoms with Crippen molar-refractivity contribution in [3.63, 3.8) is 0 Å². The lowest BCUT2D eigenvalue weighted by Crippen LogP contribution is -2.28. The molecule has 1 saturated heterocycles. The molecule has 2 aromatic rings. The Balaban J connectivity index is 1.78. The summed E-state index contributed by atoms with van der Waals surface area (Å²) in [7, 11) is 1.73. The second kappa shape index (κ2) is 6.10. The molecule has 1 aliphatic rings. The van der Waals surface area contributed by atoms with E-state index in [1.54, 1.807) is 7.11 Å². The fraction of sp³-hybridized carbons (Fsp3) is 0.333. The van der Waals surface area contributed by atoms with Crippen LogP contribution in [-0.2, 0) is 6.42 Å². The molecule has 104 valence electrons. The second-order valence-corrected chi connectivity index (χ2v) is 5.42. The molecule has 2 aromatic carbocycles. The van der Waals surface area contributed by atoms with Crippen molar-refractivity contribution in [1.29, 1.82) is 0 Å². The van der Waals surface area contributed by atoms with Gasteiger partial charge in [0.2, 0.25) is 0 Å². The maximum Gasteiger partial charge on any atom is 0.119 e.